The summed E-state index contributed by atoms with van der Waals surface area (Å²) in [5.41, 5.74) is 2.17. The standard InChI is InChI=1S/C17H16INO2S/c1-4-21-17(20)16-14(11-5-7-12(18)8-6-11)13(9-19)15(22-16)10(2)3/h5-8,10H,4H2,1-3H3. The fraction of sp³-hybridized carbons (Fsp3) is 0.294. The Bertz CT molecular complexity index is 726. The molecule has 5 heteroatoms. The third kappa shape index (κ3) is 3.33. The molecule has 0 amide bonds. The van der Waals surface area contributed by atoms with E-state index >= 15 is 0 Å². The van der Waals surface area contributed by atoms with Gasteiger partial charge in [-0.25, -0.2) is 4.79 Å². The highest BCUT2D eigenvalue weighted by atomic mass is 127. The average Bonchev–Trinajstić information content (AvgIpc) is 2.88. The van der Waals surface area contributed by atoms with Gasteiger partial charge in [-0.3, -0.25) is 0 Å². The summed E-state index contributed by atoms with van der Waals surface area (Å²) < 4.78 is 6.28. The van der Waals surface area contributed by atoms with Crippen molar-refractivity contribution in [2.24, 2.45) is 0 Å². The molecule has 3 nitrogen and oxygen atoms in total. The maximum absolute atomic E-state index is 12.3. The first-order chi connectivity index (χ1) is 10.5. The largest absolute Gasteiger partial charge is 0.462 e. The number of carbonyl (C=O) groups is 1. The molecule has 0 N–H and O–H groups in total. The molecule has 0 bridgehead atoms. The smallest absolute Gasteiger partial charge is 0.348 e. The molecule has 0 saturated heterocycles. The van der Waals surface area contributed by atoms with Gasteiger partial charge in [0.25, 0.3) is 0 Å². The number of nitrogens with zero attached hydrogens (tertiary/aromatic N) is 1. The van der Waals surface area contributed by atoms with Gasteiger partial charge in [0.05, 0.1) is 12.2 Å². The number of ether oxygens (including phenoxy) is 1. The quantitative estimate of drug-likeness (QED) is 0.500. The summed E-state index contributed by atoms with van der Waals surface area (Å²) in [6.07, 6.45) is 0. The molecule has 1 heterocycles. The van der Waals surface area contributed by atoms with Crippen molar-refractivity contribution in [3.63, 3.8) is 0 Å². The highest BCUT2D eigenvalue weighted by Crippen LogP contribution is 2.40. The molecule has 0 aliphatic rings. The fourth-order valence-corrected chi connectivity index (χ4v) is 3.73. The Balaban J connectivity index is 2.70. The third-order valence-corrected chi connectivity index (χ3v) is 5.35. The number of thiophene rings is 1. The molecule has 0 spiro atoms. The number of halogens is 1. The lowest BCUT2D eigenvalue weighted by molar-refractivity contribution is 0.0533. The number of rotatable bonds is 4. The van der Waals surface area contributed by atoms with Crippen LogP contribution in [-0.2, 0) is 4.74 Å². The van der Waals surface area contributed by atoms with Crippen molar-refractivity contribution in [3.8, 4) is 17.2 Å². The summed E-state index contributed by atoms with van der Waals surface area (Å²) in [4.78, 5) is 13.7. The van der Waals surface area contributed by atoms with Crippen LogP contribution in [0.25, 0.3) is 11.1 Å². The van der Waals surface area contributed by atoms with E-state index in [9.17, 15) is 10.1 Å². The van der Waals surface area contributed by atoms with E-state index < -0.39 is 0 Å². The van der Waals surface area contributed by atoms with Crippen LogP contribution in [0.5, 0.6) is 0 Å². The molecule has 0 aliphatic carbocycles. The van der Waals surface area contributed by atoms with E-state index in [4.69, 9.17) is 4.74 Å². The van der Waals surface area contributed by atoms with E-state index in [0.29, 0.717) is 22.6 Å². The summed E-state index contributed by atoms with van der Waals surface area (Å²) in [7, 11) is 0. The van der Waals surface area contributed by atoms with E-state index in [1.54, 1.807) is 6.92 Å². The monoisotopic (exact) mass is 425 g/mol. The van der Waals surface area contributed by atoms with Crippen LogP contribution in [0.3, 0.4) is 0 Å². The van der Waals surface area contributed by atoms with Gasteiger partial charge in [0.2, 0.25) is 0 Å². The number of carbonyl (C=O) groups excluding carboxylic acids is 1. The minimum atomic E-state index is -0.357. The molecular weight excluding hydrogens is 409 g/mol. The molecule has 2 rings (SSSR count). The van der Waals surface area contributed by atoms with Gasteiger partial charge in [0, 0.05) is 14.0 Å². The van der Waals surface area contributed by atoms with Crippen molar-refractivity contribution in [1.82, 2.24) is 0 Å². The number of hydrogen-bond donors (Lipinski definition) is 0. The molecule has 0 aliphatic heterocycles. The molecule has 1 aromatic carbocycles. The predicted octanol–water partition coefficient (Wildman–Crippen LogP) is 5.19. The van der Waals surface area contributed by atoms with E-state index in [0.717, 1.165) is 14.0 Å². The lowest BCUT2D eigenvalue weighted by Crippen LogP contribution is -2.04. The van der Waals surface area contributed by atoms with Crippen LogP contribution >= 0.6 is 33.9 Å². The predicted molar refractivity (Wildman–Crippen MR) is 97.2 cm³/mol. The van der Waals surface area contributed by atoms with Gasteiger partial charge < -0.3 is 4.74 Å². The molecular formula is C17H16INO2S. The molecule has 0 radical (unpaired) electrons. The molecule has 0 fully saturated rings. The van der Waals surface area contributed by atoms with Gasteiger partial charge in [0.1, 0.15) is 10.9 Å². The maximum atomic E-state index is 12.3. The van der Waals surface area contributed by atoms with Crippen LogP contribution in [0.4, 0.5) is 0 Å². The van der Waals surface area contributed by atoms with E-state index in [1.807, 2.05) is 38.1 Å². The first kappa shape index (κ1) is 17.0. The molecule has 0 unspecified atom stereocenters. The SMILES string of the molecule is CCOC(=O)c1sc(C(C)C)c(C#N)c1-c1ccc(I)cc1. The van der Waals surface area contributed by atoms with Crippen molar-refractivity contribution in [3.05, 3.63) is 43.2 Å². The number of esters is 1. The van der Waals surface area contributed by atoms with Crippen molar-refractivity contribution in [2.45, 2.75) is 26.7 Å². The van der Waals surface area contributed by atoms with Gasteiger partial charge in [0.15, 0.2) is 0 Å². The van der Waals surface area contributed by atoms with Crippen molar-refractivity contribution >= 4 is 39.9 Å². The molecule has 114 valence electrons. The Morgan fingerprint density at radius 2 is 2.00 bits per heavy atom. The minimum Gasteiger partial charge on any atom is -0.462 e. The van der Waals surface area contributed by atoms with Gasteiger partial charge in [-0.15, -0.1) is 11.3 Å². The Hall–Kier alpha value is -1.39. The van der Waals surface area contributed by atoms with Gasteiger partial charge in [-0.1, -0.05) is 26.0 Å². The van der Waals surface area contributed by atoms with Crippen LogP contribution in [0, 0.1) is 14.9 Å². The van der Waals surface area contributed by atoms with Crippen LogP contribution in [-0.4, -0.2) is 12.6 Å². The average molecular weight is 425 g/mol. The Kier molecular flexibility index (Phi) is 5.59. The number of benzene rings is 1. The van der Waals surface area contributed by atoms with Crippen molar-refractivity contribution in [1.29, 1.82) is 5.26 Å². The second-order valence-electron chi connectivity index (χ2n) is 5.04. The Labute approximate surface area is 148 Å². The number of hydrogen-bond acceptors (Lipinski definition) is 4. The third-order valence-electron chi connectivity index (χ3n) is 3.17. The van der Waals surface area contributed by atoms with Gasteiger partial charge >= 0.3 is 5.97 Å². The zero-order valence-corrected chi connectivity index (χ0v) is 15.6. The van der Waals surface area contributed by atoms with Crippen molar-refractivity contribution < 1.29 is 9.53 Å². The summed E-state index contributed by atoms with van der Waals surface area (Å²) in [5.74, 6) is -0.171. The normalized spacial score (nSPS) is 10.5. The highest BCUT2D eigenvalue weighted by molar-refractivity contribution is 14.1. The second kappa shape index (κ2) is 7.25. The molecule has 22 heavy (non-hydrogen) atoms. The maximum Gasteiger partial charge on any atom is 0.348 e. The molecule has 0 saturated carbocycles. The molecule has 1 aromatic heterocycles. The topological polar surface area (TPSA) is 50.1 Å². The van der Waals surface area contributed by atoms with Crippen molar-refractivity contribution in [2.75, 3.05) is 6.61 Å². The van der Waals surface area contributed by atoms with Crippen LogP contribution in [0.2, 0.25) is 0 Å². The van der Waals surface area contributed by atoms with E-state index in [1.165, 1.54) is 11.3 Å². The zero-order chi connectivity index (χ0) is 16.3. The first-order valence-corrected chi connectivity index (χ1v) is 8.88. The Morgan fingerprint density at radius 1 is 1.36 bits per heavy atom. The summed E-state index contributed by atoms with van der Waals surface area (Å²) in [5, 5.41) is 9.59. The summed E-state index contributed by atoms with van der Waals surface area (Å²) in [6, 6.07) is 10.1. The van der Waals surface area contributed by atoms with E-state index in [-0.39, 0.29) is 11.9 Å². The van der Waals surface area contributed by atoms with Gasteiger partial charge in [-0.05, 0) is 53.1 Å². The van der Waals surface area contributed by atoms with Crippen LogP contribution < -0.4 is 0 Å². The minimum absolute atomic E-state index is 0.186. The van der Waals surface area contributed by atoms with Gasteiger partial charge in [-0.2, -0.15) is 5.26 Å². The lowest BCUT2D eigenvalue weighted by atomic mass is 9.98. The molecule has 0 atom stereocenters. The highest BCUT2D eigenvalue weighted by Gasteiger charge is 2.26. The number of nitriles is 1. The molecule has 2 aromatic rings. The second-order valence-corrected chi connectivity index (χ2v) is 7.34. The van der Waals surface area contributed by atoms with Crippen LogP contribution in [0.1, 0.15) is 46.8 Å². The lowest BCUT2D eigenvalue weighted by Gasteiger charge is -2.05. The first-order valence-electron chi connectivity index (χ1n) is 6.99. The Morgan fingerprint density at radius 3 is 2.50 bits per heavy atom. The zero-order valence-electron chi connectivity index (χ0n) is 12.6. The van der Waals surface area contributed by atoms with E-state index in [2.05, 4.69) is 28.7 Å². The van der Waals surface area contributed by atoms with Crippen LogP contribution in [0.15, 0.2) is 24.3 Å². The summed E-state index contributed by atoms with van der Waals surface area (Å²) >= 11 is 3.60. The fourth-order valence-electron chi connectivity index (χ4n) is 2.20. The summed E-state index contributed by atoms with van der Waals surface area (Å²) in [6.45, 7) is 6.16.